The summed E-state index contributed by atoms with van der Waals surface area (Å²) in [5.41, 5.74) is 5.53. The number of aliphatic hydroxyl groups excluding tert-OH is 4. The van der Waals surface area contributed by atoms with Crippen molar-refractivity contribution in [2.45, 2.75) is 75.1 Å². The summed E-state index contributed by atoms with van der Waals surface area (Å²) in [6.07, 6.45) is 0. The molecule has 8 heteroatoms. The van der Waals surface area contributed by atoms with Crippen molar-refractivity contribution in [1.29, 1.82) is 0 Å². The second kappa shape index (κ2) is 15.7. The zero-order chi connectivity index (χ0) is 25.8. The number of thiol groups is 2. The molecule has 1 aliphatic rings. The van der Waals surface area contributed by atoms with Crippen molar-refractivity contribution in [1.82, 2.24) is 0 Å². The Bertz CT molecular complexity index is 783. The highest BCUT2D eigenvalue weighted by atomic mass is 32.2. The van der Waals surface area contributed by atoms with Gasteiger partial charge in [-0.1, -0.05) is 50.2 Å². The largest absolute Gasteiger partial charge is 0.392 e. The zero-order valence-electron chi connectivity index (χ0n) is 20.6. The number of benzene rings is 2. The average Bonchev–Trinajstić information content (AvgIpc) is 3.52. The Labute approximate surface area is 224 Å². The van der Waals surface area contributed by atoms with Crippen molar-refractivity contribution < 1.29 is 20.4 Å². The van der Waals surface area contributed by atoms with Crippen LogP contribution in [-0.4, -0.2) is 41.4 Å². The number of thioether (sulfide) groups is 2. The van der Waals surface area contributed by atoms with E-state index in [-0.39, 0.29) is 31.2 Å². The predicted molar refractivity (Wildman–Crippen MR) is 155 cm³/mol. The van der Waals surface area contributed by atoms with Crippen LogP contribution < -0.4 is 0 Å². The molecule has 1 heterocycles. The van der Waals surface area contributed by atoms with E-state index in [0.717, 1.165) is 44.9 Å². The van der Waals surface area contributed by atoms with Crippen LogP contribution in [0.25, 0.3) is 0 Å². The maximum absolute atomic E-state index is 9.14. The van der Waals surface area contributed by atoms with Gasteiger partial charge >= 0.3 is 0 Å². The first kappa shape index (κ1) is 31.7. The van der Waals surface area contributed by atoms with Gasteiger partial charge in [0.15, 0.2) is 0 Å². The highest BCUT2D eigenvalue weighted by Gasteiger charge is 2.31. The summed E-state index contributed by atoms with van der Waals surface area (Å²) in [5.74, 6) is 3.84. The molecule has 1 aliphatic heterocycles. The Morgan fingerprint density at radius 3 is 1.38 bits per heavy atom. The third kappa shape index (κ3) is 14.3. The second-order valence-electron chi connectivity index (χ2n) is 9.46. The Hall–Kier alpha value is -0.320. The van der Waals surface area contributed by atoms with Gasteiger partial charge in [-0.25, -0.2) is 0 Å². The molecule has 0 saturated carbocycles. The number of hydrogen-bond acceptors (Lipinski definition) is 8. The summed E-state index contributed by atoms with van der Waals surface area (Å²) in [6.45, 7) is 8.75. The normalized spacial score (nSPS) is 13.9. The highest BCUT2D eigenvalue weighted by Crippen LogP contribution is 2.42. The van der Waals surface area contributed by atoms with E-state index in [1.165, 1.54) is 5.75 Å². The number of aliphatic hydroxyl groups is 4. The standard InChI is InChI=1S/C13H20O2S2.C9H12O2S.C4H8S/c1-13(2,16)9-17-8-12-4-10(6-14)3-11(5-12)7-15;10-4-7-1-8(5-11)3-9(2-7)6-12;1-4(2)3-5-4/h3-5,14-16H,6-9H2,1-2H3;1-3,10-12H,4-6H2;3H2,1-2H3. The fourth-order valence-electron chi connectivity index (χ4n) is 2.78. The molecule has 0 aromatic heterocycles. The van der Waals surface area contributed by atoms with E-state index in [9.17, 15) is 0 Å². The highest BCUT2D eigenvalue weighted by molar-refractivity contribution is 8.07. The van der Waals surface area contributed by atoms with Crippen LogP contribution in [0.1, 0.15) is 61.1 Å². The summed E-state index contributed by atoms with van der Waals surface area (Å²) in [4.78, 5) is 0. The van der Waals surface area contributed by atoms with Crippen LogP contribution in [0.5, 0.6) is 0 Å². The van der Waals surface area contributed by atoms with Crippen LogP contribution >= 0.6 is 48.8 Å². The molecule has 0 bridgehead atoms. The Balaban J connectivity index is 0.000000292. The van der Waals surface area contributed by atoms with E-state index in [4.69, 9.17) is 20.4 Å². The van der Waals surface area contributed by atoms with Crippen LogP contribution in [0.2, 0.25) is 0 Å². The molecule has 0 radical (unpaired) electrons. The first-order valence-corrected chi connectivity index (χ1v) is 14.4. The molecule has 0 unspecified atom stereocenters. The molecule has 4 N–H and O–H groups in total. The summed E-state index contributed by atoms with van der Waals surface area (Å²) >= 11 is 12.4. The third-order valence-corrected chi connectivity index (χ3v) is 8.23. The van der Waals surface area contributed by atoms with Gasteiger partial charge in [0.05, 0.1) is 26.4 Å². The van der Waals surface area contributed by atoms with E-state index in [1.54, 1.807) is 6.07 Å². The van der Waals surface area contributed by atoms with E-state index >= 15 is 0 Å². The van der Waals surface area contributed by atoms with Crippen molar-refractivity contribution in [2.24, 2.45) is 0 Å². The molecule has 3 rings (SSSR count). The number of rotatable bonds is 9. The van der Waals surface area contributed by atoms with Gasteiger partial charge in [-0.3, -0.25) is 0 Å². The maximum Gasteiger partial charge on any atom is 0.0682 e. The number of hydrogen-bond donors (Lipinski definition) is 6. The Morgan fingerprint density at radius 2 is 1.12 bits per heavy atom. The van der Waals surface area contributed by atoms with Crippen molar-refractivity contribution in [3.05, 3.63) is 69.8 Å². The van der Waals surface area contributed by atoms with E-state index in [1.807, 2.05) is 53.9 Å². The Morgan fingerprint density at radius 1 is 0.794 bits per heavy atom. The molecular weight excluding hydrogens is 505 g/mol. The lowest BCUT2D eigenvalue weighted by Gasteiger charge is -2.16. The van der Waals surface area contributed by atoms with Crippen molar-refractivity contribution in [3.63, 3.8) is 0 Å². The third-order valence-electron chi connectivity index (χ3n) is 4.58. The van der Waals surface area contributed by atoms with E-state index in [0.29, 0.717) is 10.5 Å². The summed E-state index contributed by atoms with van der Waals surface area (Å²) in [5, 5.41) is 36.0. The molecule has 1 fully saturated rings. The first-order valence-electron chi connectivity index (χ1n) is 11.2. The molecule has 1 saturated heterocycles. The molecular formula is C26H40O4S4. The van der Waals surface area contributed by atoms with Crippen LogP contribution in [0.15, 0.2) is 36.4 Å². The van der Waals surface area contributed by atoms with Gasteiger partial charge in [0, 0.05) is 32.5 Å². The van der Waals surface area contributed by atoms with Gasteiger partial charge in [0.25, 0.3) is 0 Å². The molecule has 34 heavy (non-hydrogen) atoms. The SMILES string of the molecule is CC(C)(S)CSCc1cc(CO)cc(CO)c1.CC1(C)CS1.OCc1cc(CO)cc(CS)c1. The lowest BCUT2D eigenvalue weighted by atomic mass is 10.1. The maximum atomic E-state index is 9.14. The lowest BCUT2D eigenvalue weighted by molar-refractivity contribution is 0.275. The van der Waals surface area contributed by atoms with E-state index < -0.39 is 0 Å². The topological polar surface area (TPSA) is 80.9 Å². The summed E-state index contributed by atoms with van der Waals surface area (Å²) in [6, 6.07) is 11.3. The molecule has 0 amide bonds. The second-order valence-corrected chi connectivity index (χ2v) is 13.7. The van der Waals surface area contributed by atoms with Crippen LogP contribution in [0.4, 0.5) is 0 Å². The fraction of sp³-hybridized carbons (Fsp3) is 0.538. The fourth-order valence-corrected chi connectivity index (χ4v) is 4.53. The minimum absolute atomic E-state index is 0.00855. The summed E-state index contributed by atoms with van der Waals surface area (Å²) < 4.78 is 0.694. The molecule has 2 aromatic carbocycles. The smallest absolute Gasteiger partial charge is 0.0682 e. The van der Waals surface area contributed by atoms with Crippen LogP contribution in [0, 0.1) is 0 Å². The monoisotopic (exact) mass is 544 g/mol. The quantitative estimate of drug-likeness (QED) is 0.192. The summed E-state index contributed by atoms with van der Waals surface area (Å²) in [7, 11) is 0. The minimum atomic E-state index is 0.00855. The van der Waals surface area contributed by atoms with Gasteiger partial charge in [-0.05, 0) is 47.2 Å². The predicted octanol–water partition coefficient (Wildman–Crippen LogP) is 5.23. The van der Waals surface area contributed by atoms with Crippen molar-refractivity contribution in [2.75, 3.05) is 11.5 Å². The van der Waals surface area contributed by atoms with Gasteiger partial charge in [-0.15, -0.1) is 0 Å². The van der Waals surface area contributed by atoms with Crippen molar-refractivity contribution >= 4 is 48.8 Å². The average molecular weight is 545 g/mol. The first-order chi connectivity index (χ1) is 15.9. The van der Waals surface area contributed by atoms with Gasteiger partial charge in [0.1, 0.15) is 0 Å². The molecule has 2 aromatic rings. The molecule has 192 valence electrons. The molecule has 0 atom stereocenters. The van der Waals surface area contributed by atoms with Gasteiger partial charge in [-0.2, -0.15) is 48.8 Å². The Kier molecular flexibility index (Phi) is 14.7. The van der Waals surface area contributed by atoms with E-state index in [2.05, 4.69) is 53.0 Å². The zero-order valence-corrected chi connectivity index (χ0v) is 24.0. The van der Waals surface area contributed by atoms with Crippen LogP contribution in [-0.2, 0) is 37.9 Å². The van der Waals surface area contributed by atoms with Crippen molar-refractivity contribution in [3.8, 4) is 0 Å². The van der Waals surface area contributed by atoms with Gasteiger partial charge < -0.3 is 20.4 Å². The molecule has 4 nitrogen and oxygen atoms in total. The van der Waals surface area contributed by atoms with Crippen LogP contribution in [0.3, 0.4) is 0 Å². The molecule has 0 aliphatic carbocycles. The lowest BCUT2D eigenvalue weighted by Crippen LogP contribution is -2.13. The minimum Gasteiger partial charge on any atom is -0.392 e. The van der Waals surface area contributed by atoms with Gasteiger partial charge in [0.2, 0.25) is 0 Å². The molecule has 0 spiro atoms.